The first kappa shape index (κ1) is 9.98. The van der Waals surface area contributed by atoms with Gasteiger partial charge in [0.2, 0.25) is 0 Å². The van der Waals surface area contributed by atoms with Crippen molar-refractivity contribution >= 4 is 5.97 Å². The van der Waals surface area contributed by atoms with Crippen LogP contribution in [0.15, 0.2) is 18.2 Å². The lowest BCUT2D eigenvalue weighted by Crippen LogP contribution is -2.14. The second-order valence-electron chi connectivity index (χ2n) is 3.67. The highest BCUT2D eigenvalue weighted by atomic mass is 16.5. The Bertz CT molecular complexity index is 389. The lowest BCUT2D eigenvalue weighted by atomic mass is 10.0. The Balaban J connectivity index is 2.19. The molecule has 0 bridgehead atoms. The van der Waals surface area contributed by atoms with Crippen molar-refractivity contribution in [2.45, 2.75) is 18.9 Å². The zero-order valence-corrected chi connectivity index (χ0v) is 8.27. The van der Waals surface area contributed by atoms with E-state index in [4.69, 9.17) is 15.6 Å². The highest BCUT2D eigenvalue weighted by Gasteiger charge is 2.16. The van der Waals surface area contributed by atoms with Crippen LogP contribution in [0, 0.1) is 0 Å². The average Bonchev–Trinajstić information content (AvgIpc) is 2.62. The second-order valence-corrected chi connectivity index (χ2v) is 3.67. The van der Waals surface area contributed by atoms with E-state index in [9.17, 15) is 4.79 Å². The number of benzene rings is 1. The fraction of sp³-hybridized carbons (Fsp3) is 0.364. The van der Waals surface area contributed by atoms with Crippen LogP contribution in [0.2, 0.25) is 0 Å². The zero-order valence-electron chi connectivity index (χ0n) is 8.27. The minimum atomic E-state index is -0.885. The van der Waals surface area contributed by atoms with Crippen molar-refractivity contribution in [2.75, 3.05) is 6.61 Å². The first-order valence-electron chi connectivity index (χ1n) is 4.90. The molecule has 0 fully saturated rings. The third-order valence-corrected chi connectivity index (χ3v) is 2.54. The molecule has 0 saturated heterocycles. The topological polar surface area (TPSA) is 72.6 Å². The van der Waals surface area contributed by atoms with Crippen LogP contribution in [0.4, 0.5) is 0 Å². The Morgan fingerprint density at radius 2 is 2.40 bits per heavy atom. The molecule has 0 aromatic heterocycles. The highest BCUT2D eigenvalue weighted by molar-refractivity contribution is 5.68. The number of carboxylic acid groups (broad SMARTS) is 1. The van der Waals surface area contributed by atoms with E-state index in [2.05, 4.69) is 0 Å². The van der Waals surface area contributed by atoms with E-state index in [1.807, 2.05) is 18.2 Å². The molecule has 1 aliphatic heterocycles. The molecule has 2 rings (SSSR count). The molecule has 1 unspecified atom stereocenters. The Morgan fingerprint density at radius 1 is 1.60 bits per heavy atom. The van der Waals surface area contributed by atoms with Crippen LogP contribution in [-0.4, -0.2) is 17.7 Å². The molecule has 4 nitrogen and oxygen atoms in total. The predicted octanol–water partition coefficient (Wildman–Crippen LogP) is 1.10. The van der Waals surface area contributed by atoms with Gasteiger partial charge >= 0.3 is 5.97 Å². The lowest BCUT2D eigenvalue weighted by Gasteiger charge is -2.10. The van der Waals surface area contributed by atoms with Crippen LogP contribution < -0.4 is 10.5 Å². The summed E-state index contributed by atoms with van der Waals surface area (Å²) in [6, 6.07) is 5.22. The van der Waals surface area contributed by atoms with Crippen LogP contribution in [0.3, 0.4) is 0 Å². The summed E-state index contributed by atoms with van der Waals surface area (Å²) in [4.78, 5) is 10.5. The van der Waals surface area contributed by atoms with Gasteiger partial charge in [-0.3, -0.25) is 4.79 Å². The number of ether oxygens (including phenoxy) is 1. The fourth-order valence-electron chi connectivity index (χ4n) is 1.72. The summed E-state index contributed by atoms with van der Waals surface area (Å²) in [5.74, 6) is -0.0442. The molecular formula is C11H13NO3. The summed E-state index contributed by atoms with van der Waals surface area (Å²) in [6.45, 7) is 0.701. The Morgan fingerprint density at radius 3 is 3.13 bits per heavy atom. The van der Waals surface area contributed by atoms with Crippen LogP contribution >= 0.6 is 0 Å². The van der Waals surface area contributed by atoms with Gasteiger partial charge in [-0.25, -0.2) is 0 Å². The maximum Gasteiger partial charge on any atom is 0.305 e. The molecule has 0 radical (unpaired) electrons. The number of nitrogens with two attached hydrogens (primary N) is 1. The largest absolute Gasteiger partial charge is 0.493 e. The van der Waals surface area contributed by atoms with Gasteiger partial charge in [0, 0.05) is 12.5 Å². The third-order valence-electron chi connectivity index (χ3n) is 2.54. The first-order chi connectivity index (χ1) is 7.16. The lowest BCUT2D eigenvalue weighted by molar-refractivity contribution is -0.137. The van der Waals surface area contributed by atoms with E-state index in [0.717, 1.165) is 17.7 Å². The summed E-state index contributed by atoms with van der Waals surface area (Å²) in [5, 5.41) is 8.63. The molecule has 80 valence electrons. The van der Waals surface area contributed by atoms with Crippen molar-refractivity contribution in [3.63, 3.8) is 0 Å². The molecule has 1 atom stereocenters. The van der Waals surface area contributed by atoms with E-state index in [0.29, 0.717) is 6.61 Å². The molecule has 0 amide bonds. The predicted molar refractivity (Wildman–Crippen MR) is 54.8 cm³/mol. The van der Waals surface area contributed by atoms with Crippen molar-refractivity contribution < 1.29 is 14.6 Å². The van der Waals surface area contributed by atoms with E-state index in [-0.39, 0.29) is 6.42 Å². The fourth-order valence-corrected chi connectivity index (χ4v) is 1.72. The van der Waals surface area contributed by atoms with Gasteiger partial charge in [-0.1, -0.05) is 12.1 Å². The van der Waals surface area contributed by atoms with Crippen LogP contribution in [-0.2, 0) is 11.2 Å². The Hall–Kier alpha value is -1.55. The molecule has 4 heteroatoms. The minimum absolute atomic E-state index is 0.0568. The number of fused-ring (bicyclic) bond motifs is 1. The van der Waals surface area contributed by atoms with E-state index in [1.165, 1.54) is 5.56 Å². The molecule has 1 aromatic rings. The molecule has 0 saturated carbocycles. The van der Waals surface area contributed by atoms with Gasteiger partial charge in [-0.15, -0.1) is 0 Å². The first-order valence-corrected chi connectivity index (χ1v) is 4.90. The molecule has 1 aromatic carbocycles. The van der Waals surface area contributed by atoms with Crippen LogP contribution in [0.1, 0.15) is 23.6 Å². The molecular weight excluding hydrogens is 194 g/mol. The van der Waals surface area contributed by atoms with Crippen molar-refractivity contribution in [1.29, 1.82) is 0 Å². The van der Waals surface area contributed by atoms with Gasteiger partial charge in [0.15, 0.2) is 0 Å². The van der Waals surface area contributed by atoms with Gasteiger partial charge in [0.05, 0.1) is 13.0 Å². The van der Waals surface area contributed by atoms with Crippen LogP contribution in [0.5, 0.6) is 5.75 Å². The molecule has 0 spiro atoms. The highest BCUT2D eigenvalue weighted by Crippen LogP contribution is 2.28. The SMILES string of the molecule is NC(CC(=O)O)c1ccc2c(c1)OCC2. The number of hydrogen-bond acceptors (Lipinski definition) is 3. The Kier molecular flexibility index (Phi) is 2.60. The molecule has 1 aliphatic rings. The van der Waals surface area contributed by atoms with Gasteiger partial charge in [0.1, 0.15) is 5.75 Å². The molecule has 3 N–H and O–H groups in total. The Labute approximate surface area is 87.7 Å². The summed E-state index contributed by atoms with van der Waals surface area (Å²) < 4.78 is 5.39. The van der Waals surface area contributed by atoms with Crippen LogP contribution in [0.25, 0.3) is 0 Å². The van der Waals surface area contributed by atoms with Crippen molar-refractivity contribution in [2.24, 2.45) is 5.73 Å². The van der Waals surface area contributed by atoms with Crippen molar-refractivity contribution in [3.05, 3.63) is 29.3 Å². The quantitative estimate of drug-likeness (QED) is 0.778. The van der Waals surface area contributed by atoms with Gasteiger partial charge in [0.25, 0.3) is 0 Å². The second kappa shape index (κ2) is 3.90. The number of carbonyl (C=O) groups is 1. The van der Waals surface area contributed by atoms with Crippen molar-refractivity contribution in [3.8, 4) is 5.75 Å². The van der Waals surface area contributed by atoms with E-state index >= 15 is 0 Å². The molecule has 0 aliphatic carbocycles. The normalized spacial score (nSPS) is 15.5. The summed E-state index contributed by atoms with van der Waals surface area (Å²) in [5.41, 5.74) is 7.74. The van der Waals surface area contributed by atoms with Gasteiger partial charge in [-0.05, 0) is 17.2 Å². The maximum atomic E-state index is 10.5. The van der Waals surface area contributed by atoms with Gasteiger partial charge < -0.3 is 15.6 Å². The standard InChI is InChI=1S/C11H13NO3/c12-9(6-11(13)14)8-2-1-7-3-4-15-10(7)5-8/h1-2,5,9H,3-4,6,12H2,(H,13,14). The maximum absolute atomic E-state index is 10.5. The van der Waals surface area contributed by atoms with E-state index < -0.39 is 12.0 Å². The number of hydrogen-bond donors (Lipinski definition) is 2. The smallest absolute Gasteiger partial charge is 0.305 e. The summed E-state index contributed by atoms with van der Waals surface area (Å²) in [6.07, 6.45) is 0.864. The van der Waals surface area contributed by atoms with Crippen molar-refractivity contribution in [1.82, 2.24) is 0 Å². The average molecular weight is 207 g/mol. The minimum Gasteiger partial charge on any atom is -0.493 e. The zero-order chi connectivity index (χ0) is 10.8. The van der Waals surface area contributed by atoms with E-state index in [1.54, 1.807) is 0 Å². The number of carboxylic acids is 1. The van der Waals surface area contributed by atoms with Gasteiger partial charge in [-0.2, -0.15) is 0 Å². The number of rotatable bonds is 3. The summed E-state index contributed by atoms with van der Waals surface area (Å²) >= 11 is 0. The third kappa shape index (κ3) is 2.10. The summed E-state index contributed by atoms with van der Waals surface area (Å²) in [7, 11) is 0. The molecule has 1 heterocycles. The molecule has 15 heavy (non-hydrogen) atoms. The monoisotopic (exact) mass is 207 g/mol. The number of aliphatic carboxylic acids is 1.